The van der Waals surface area contributed by atoms with Crippen molar-refractivity contribution in [1.82, 2.24) is 10.1 Å². The van der Waals surface area contributed by atoms with Gasteiger partial charge in [-0.15, -0.1) is 0 Å². The summed E-state index contributed by atoms with van der Waals surface area (Å²) in [5.41, 5.74) is 0.985. The molecule has 2 heterocycles. The van der Waals surface area contributed by atoms with Crippen molar-refractivity contribution in [3.05, 3.63) is 46.3 Å². The zero-order valence-corrected chi connectivity index (χ0v) is 12.5. The lowest BCUT2D eigenvalue weighted by atomic mass is 10.2. The first-order valence-electron chi connectivity index (χ1n) is 6.05. The number of nitrogens with zero attached hydrogens (tertiary/aromatic N) is 3. The molecule has 7 heteroatoms. The van der Waals surface area contributed by atoms with E-state index in [4.69, 9.17) is 8.94 Å². The van der Waals surface area contributed by atoms with Crippen molar-refractivity contribution in [2.75, 3.05) is 0 Å². The molecule has 0 aliphatic carbocycles. The van der Waals surface area contributed by atoms with Crippen molar-refractivity contribution >= 4 is 28.0 Å². The number of rotatable bonds is 3. The van der Waals surface area contributed by atoms with Crippen LogP contribution in [-0.2, 0) is 0 Å². The fourth-order valence-electron chi connectivity index (χ4n) is 1.67. The third-order valence-corrected chi connectivity index (χ3v) is 3.19. The molecule has 0 fully saturated rings. The zero-order valence-electron chi connectivity index (χ0n) is 10.9. The van der Waals surface area contributed by atoms with E-state index in [0.717, 1.165) is 10.0 Å². The normalized spacial score (nSPS) is 11.3. The second-order valence-electron chi connectivity index (χ2n) is 4.27. The Labute approximate surface area is 128 Å². The largest absolute Gasteiger partial charge is 0.479 e. The Balaban J connectivity index is 1.87. The van der Waals surface area contributed by atoms with Crippen LogP contribution < -0.4 is 0 Å². The maximum absolute atomic E-state index is 9.76. The van der Waals surface area contributed by atoms with Gasteiger partial charge in [-0.3, -0.25) is 0 Å². The lowest BCUT2D eigenvalue weighted by molar-refractivity contribution is 0.337. The summed E-state index contributed by atoms with van der Waals surface area (Å²) in [6, 6.07) is 9.06. The Morgan fingerprint density at radius 3 is 2.71 bits per heavy atom. The lowest BCUT2D eigenvalue weighted by Crippen LogP contribution is -1.82. The minimum Gasteiger partial charge on any atom is -0.479 e. The van der Waals surface area contributed by atoms with Crippen LogP contribution >= 0.6 is 15.9 Å². The van der Waals surface area contributed by atoms with Gasteiger partial charge in [0.1, 0.15) is 5.76 Å². The molecule has 2 aromatic heterocycles. The fourth-order valence-corrected chi connectivity index (χ4v) is 1.93. The molecule has 0 saturated carbocycles. The summed E-state index contributed by atoms with van der Waals surface area (Å²) in [4.78, 5) is 8.25. The average molecular weight is 348 g/mol. The van der Waals surface area contributed by atoms with E-state index in [9.17, 15) is 5.11 Å². The minimum atomic E-state index is -0.295. The number of oxazole rings is 1. The topological polar surface area (TPSA) is 84.7 Å². The average Bonchev–Trinajstić information content (AvgIpc) is 3.04. The smallest absolute Gasteiger partial charge is 0.312 e. The Kier molecular flexibility index (Phi) is 3.57. The maximum Gasteiger partial charge on any atom is 0.312 e. The predicted molar refractivity (Wildman–Crippen MR) is 79.8 cm³/mol. The maximum atomic E-state index is 9.76. The Morgan fingerprint density at radius 1 is 1.29 bits per heavy atom. The van der Waals surface area contributed by atoms with Crippen LogP contribution in [0.15, 0.2) is 48.7 Å². The van der Waals surface area contributed by atoms with E-state index in [1.807, 2.05) is 24.3 Å². The van der Waals surface area contributed by atoms with Crippen molar-refractivity contribution in [3.8, 4) is 17.4 Å². The van der Waals surface area contributed by atoms with Crippen LogP contribution in [0.3, 0.4) is 0 Å². The van der Waals surface area contributed by atoms with Gasteiger partial charge < -0.3 is 14.0 Å². The van der Waals surface area contributed by atoms with Gasteiger partial charge >= 0.3 is 5.95 Å². The number of aromatic hydroxyl groups is 1. The monoisotopic (exact) mass is 347 g/mol. The molecule has 1 N–H and O–H groups in total. The van der Waals surface area contributed by atoms with E-state index < -0.39 is 0 Å². The van der Waals surface area contributed by atoms with E-state index >= 15 is 0 Å². The minimum absolute atomic E-state index is 0.230. The summed E-state index contributed by atoms with van der Waals surface area (Å²) in [6.07, 6.45) is 1.37. The Hall–Kier alpha value is -2.41. The number of benzene rings is 1. The number of hydrogen-bond donors (Lipinski definition) is 1. The number of hydrogen-bond acceptors (Lipinski definition) is 6. The summed E-state index contributed by atoms with van der Waals surface area (Å²) >= 11 is 3.35. The van der Waals surface area contributed by atoms with Gasteiger partial charge in [0.05, 0.1) is 6.21 Å². The van der Waals surface area contributed by atoms with Gasteiger partial charge in [0, 0.05) is 16.1 Å². The molecule has 0 bridgehead atoms. The summed E-state index contributed by atoms with van der Waals surface area (Å²) in [5, 5.41) is 13.5. The third-order valence-electron chi connectivity index (χ3n) is 2.66. The molecule has 1 aromatic carbocycles. The highest BCUT2D eigenvalue weighted by molar-refractivity contribution is 9.10. The molecule has 106 valence electrons. The summed E-state index contributed by atoms with van der Waals surface area (Å²) in [7, 11) is 0. The van der Waals surface area contributed by atoms with Crippen LogP contribution in [0.25, 0.3) is 11.5 Å². The van der Waals surface area contributed by atoms with Gasteiger partial charge in [-0.05, 0) is 31.2 Å². The number of aliphatic imine (C=N–C) groups is 1. The second kappa shape index (κ2) is 5.53. The van der Waals surface area contributed by atoms with E-state index in [-0.39, 0.29) is 11.6 Å². The van der Waals surface area contributed by atoms with Gasteiger partial charge in [-0.2, -0.15) is 0 Å². The first-order valence-corrected chi connectivity index (χ1v) is 6.84. The molecule has 0 aliphatic heterocycles. The molecular weight excluding hydrogens is 338 g/mol. The van der Waals surface area contributed by atoms with Crippen LogP contribution in [0, 0.1) is 6.92 Å². The molecule has 0 unspecified atom stereocenters. The quantitative estimate of drug-likeness (QED) is 0.727. The summed E-state index contributed by atoms with van der Waals surface area (Å²) in [5.74, 6) is 1.08. The Bertz CT molecular complexity index is 790. The zero-order chi connectivity index (χ0) is 14.8. The molecule has 21 heavy (non-hydrogen) atoms. The van der Waals surface area contributed by atoms with Gasteiger partial charge in [0.25, 0.3) is 0 Å². The Morgan fingerprint density at radius 2 is 2.05 bits per heavy atom. The summed E-state index contributed by atoms with van der Waals surface area (Å²) in [6.45, 7) is 1.77. The predicted octanol–water partition coefficient (Wildman–Crippen LogP) is 3.86. The molecule has 0 amide bonds. The number of aryl methyl sites for hydroxylation is 1. The molecule has 0 spiro atoms. The molecular formula is C14H10BrN3O3. The van der Waals surface area contributed by atoms with Crippen LogP contribution in [0.2, 0.25) is 0 Å². The van der Waals surface area contributed by atoms with Crippen molar-refractivity contribution in [3.63, 3.8) is 0 Å². The second-order valence-corrected chi connectivity index (χ2v) is 5.19. The molecule has 0 saturated heterocycles. The van der Waals surface area contributed by atoms with Crippen molar-refractivity contribution < 1.29 is 14.0 Å². The third kappa shape index (κ3) is 3.03. The first-order chi connectivity index (χ1) is 10.1. The van der Waals surface area contributed by atoms with E-state index in [1.165, 1.54) is 6.21 Å². The highest BCUT2D eigenvalue weighted by Gasteiger charge is 2.12. The molecule has 3 rings (SSSR count). The fraction of sp³-hybridized carbons (Fsp3) is 0.0714. The van der Waals surface area contributed by atoms with E-state index in [0.29, 0.717) is 17.5 Å². The van der Waals surface area contributed by atoms with Crippen molar-refractivity contribution in [1.29, 1.82) is 0 Å². The number of aromatic nitrogens is 2. The van der Waals surface area contributed by atoms with Gasteiger partial charge in [-0.1, -0.05) is 21.1 Å². The highest BCUT2D eigenvalue weighted by Crippen LogP contribution is 2.26. The first kappa shape index (κ1) is 13.6. The molecule has 3 aromatic rings. The standard InChI is InChI=1S/C14H10BrN3O3/c1-8-6-12(18-21-8)16-7-11-14(19)20-13(17-11)9-2-4-10(15)5-3-9/h2-7,19H,1H3. The van der Waals surface area contributed by atoms with Crippen LogP contribution in [0.4, 0.5) is 5.82 Å². The molecule has 0 radical (unpaired) electrons. The highest BCUT2D eigenvalue weighted by atomic mass is 79.9. The number of halogens is 1. The van der Waals surface area contributed by atoms with Crippen LogP contribution in [-0.4, -0.2) is 21.5 Å². The van der Waals surface area contributed by atoms with Crippen LogP contribution in [0.5, 0.6) is 5.95 Å². The SMILES string of the molecule is Cc1cc(N=Cc2nc(-c3ccc(Br)cc3)oc2O)no1. The van der Waals surface area contributed by atoms with E-state index in [1.54, 1.807) is 13.0 Å². The lowest BCUT2D eigenvalue weighted by Gasteiger charge is -1.94. The van der Waals surface area contributed by atoms with Crippen LogP contribution in [0.1, 0.15) is 11.5 Å². The van der Waals surface area contributed by atoms with E-state index in [2.05, 4.69) is 31.1 Å². The summed E-state index contributed by atoms with van der Waals surface area (Å²) < 4.78 is 11.1. The van der Waals surface area contributed by atoms with Gasteiger partial charge in [-0.25, -0.2) is 9.98 Å². The molecule has 0 aliphatic rings. The van der Waals surface area contributed by atoms with Crippen molar-refractivity contribution in [2.45, 2.75) is 6.92 Å². The van der Waals surface area contributed by atoms with Crippen molar-refractivity contribution in [2.24, 2.45) is 4.99 Å². The van der Waals surface area contributed by atoms with Gasteiger partial charge in [0.2, 0.25) is 5.89 Å². The molecule has 0 atom stereocenters. The molecule has 6 nitrogen and oxygen atoms in total. The van der Waals surface area contributed by atoms with Gasteiger partial charge in [0.15, 0.2) is 11.5 Å².